The molecular formula is C24H29N3O3S. The van der Waals surface area contributed by atoms with Gasteiger partial charge in [0, 0.05) is 11.1 Å². The van der Waals surface area contributed by atoms with Crippen LogP contribution in [0.5, 0.6) is 0 Å². The summed E-state index contributed by atoms with van der Waals surface area (Å²) in [5, 5.41) is 3.13. The first-order chi connectivity index (χ1) is 14.8. The number of rotatable bonds is 8. The van der Waals surface area contributed by atoms with Crippen molar-refractivity contribution in [3.63, 3.8) is 0 Å². The number of anilines is 1. The predicted molar refractivity (Wildman–Crippen MR) is 124 cm³/mol. The van der Waals surface area contributed by atoms with Crippen LogP contribution in [0.25, 0.3) is 0 Å². The fourth-order valence-electron chi connectivity index (χ4n) is 3.04. The Labute approximate surface area is 187 Å². The molecule has 31 heavy (non-hydrogen) atoms. The molecule has 3 aromatic rings. The third kappa shape index (κ3) is 7.17. The lowest BCUT2D eigenvalue weighted by Crippen LogP contribution is -2.27. The average molecular weight is 440 g/mol. The highest BCUT2D eigenvalue weighted by molar-refractivity contribution is 7.15. The highest BCUT2D eigenvalue weighted by Gasteiger charge is 2.19. The predicted octanol–water partition coefficient (Wildman–Crippen LogP) is 5.30. The SMILES string of the molecule is CC(C)(C)OC(=O)Nc1ncc(C(N)c2ccccc2CCOCc2ccccc2)s1. The summed E-state index contributed by atoms with van der Waals surface area (Å²) in [6.45, 7) is 6.64. The quantitative estimate of drug-likeness (QED) is 0.465. The summed E-state index contributed by atoms with van der Waals surface area (Å²) < 4.78 is 11.1. The number of nitrogens with one attached hydrogen (secondary N) is 1. The maximum atomic E-state index is 12.0. The van der Waals surface area contributed by atoms with E-state index in [1.54, 1.807) is 6.20 Å². The van der Waals surface area contributed by atoms with Crippen LogP contribution in [-0.4, -0.2) is 23.3 Å². The van der Waals surface area contributed by atoms with E-state index in [0.717, 1.165) is 28.0 Å². The van der Waals surface area contributed by atoms with Crippen molar-refractivity contribution in [3.05, 3.63) is 82.4 Å². The van der Waals surface area contributed by atoms with Crippen LogP contribution < -0.4 is 11.1 Å². The third-order valence-corrected chi connectivity index (χ3v) is 5.45. The minimum atomic E-state index is -0.567. The number of ether oxygens (including phenoxy) is 2. The van der Waals surface area contributed by atoms with Gasteiger partial charge in [-0.1, -0.05) is 65.9 Å². The molecule has 1 heterocycles. The summed E-state index contributed by atoms with van der Waals surface area (Å²) >= 11 is 1.35. The van der Waals surface area contributed by atoms with Gasteiger partial charge in [-0.15, -0.1) is 0 Å². The second-order valence-corrected chi connectivity index (χ2v) is 9.22. The van der Waals surface area contributed by atoms with Crippen LogP contribution in [0.4, 0.5) is 9.93 Å². The Hall–Kier alpha value is -2.74. The number of carbonyl (C=O) groups is 1. The van der Waals surface area contributed by atoms with Gasteiger partial charge in [0.2, 0.25) is 0 Å². The molecule has 164 valence electrons. The lowest BCUT2D eigenvalue weighted by Gasteiger charge is -2.19. The zero-order valence-corrected chi connectivity index (χ0v) is 18.9. The summed E-state index contributed by atoms with van der Waals surface area (Å²) in [5.41, 5.74) is 9.29. The Balaban J connectivity index is 1.60. The van der Waals surface area contributed by atoms with E-state index in [2.05, 4.69) is 28.5 Å². The molecule has 0 aliphatic rings. The van der Waals surface area contributed by atoms with Crippen LogP contribution in [0, 0.1) is 0 Å². The molecule has 1 unspecified atom stereocenters. The van der Waals surface area contributed by atoms with E-state index in [9.17, 15) is 4.79 Å². The highest BCUT2D eigenvalue weighted by atomic mass is 32.1. The van der Waals surface area contributed by atoms with Gasteiger partial charge < -0.3 is 15.2 Å². The van der Waals surface area contributed by atoms with Gasteiger partial charge in [-0.05, 0) is 43.9 Å². The van der Waals surface area contributed by atoms with Crippen LogP contribution in [0.15, 0.2) is 60.8 Å². The van der Waals surface area contributed by atoms with Crippen molar-refractivity contribution >= 4 is 22.6 Å². The molecule has 0 saturated carbocycles. The number of hydrogen-bond donors (Lipinski definition) is 2. The number of nitrogens with two attached hydrogens (primary N) is 1. The Morgan fingerprint density at radius 1 is 1.13 bits per heavy atom. The first kappa shape index (κ1) is 22.9. The molecule has 0 fully saturated rings. The van der Waals surface area contributed by atoms with Gasteiger partial charge in [0.25, 0.3) is 0 Å². The monoisotopic (exact) mass is 439 g/mol. The molecule has 1 amide bonds. The Bertz CT molecular complexity index is 983. The van der Waals surface area contributed by atoms with Crippen molar-refractivity contribution in [2.24, 2.45) is 5.73 Å². The van der Waals surface area contributed by atoms with Crippen LogP contribution >= 0.6 is 11.3 Å². The van der Waals surface area contributed by atoms with Gasteiger partial charge in [0.1, 0.15) is 5.60 Å². The smallest absolute Gasteiger partial charge is 0.413 e. The summed E-state index contributed by atoms with van der Waals surface area (Å²) in [6.07, 6.45) is 1.93. The maximum Gasteiger partial charge on any atom is 0.413 e. The zero-order chi connectivity index (χ0) is 22.3. The molecule has 3 N–H and O–H groups in total. The fraction of sp³-hybridized carbons (Fsp3) is 0.333. The number of aromatic nitrogens is 1. The molecule has 0 bridgehead atoms. The van der Waals surface area contributed by atoms with Crippen molar-refractivity contribution < 1.29 is 14.3 Å². The molecule has 3 rings (SSSR count). The lowest BCUT2D eigenvalue weighted by molar-refractivity contribution is 0.0636. The molecule has 0 spiro atoms. The van der Waals surface area contributed by atoms with Crippen molar-refractivity contribution in [2.45, 2.75) is 45.4 Å². The number of thiazole rings is 1. The molecule has 0 saturated heterocycles. The minimum Gasteiger partial charge on any atom is -0.444 e. The normalized spacial score (nSPS) is 12.4. The first-order valence-corrected chi connectivity index (χ1v) is 11.0. The van der Waals surface area contributed by atoms with Crippen LogP contribution in [0.3, 0.4) is 0 Å². The maximum absolute atomic E-state index is 12.0. The second-order valence-electron chi connectivity index (χ2n) is 8.16. The van der Waals surface area contributed by atoms with E-state index in [0.29, 0.717) is 18.3 Å². The van der Waals surface area contributed by atoms with E-state index in [-0.39, 0.29) is 6.04 Å². The molecule has 2 aromatic carbocycles. The molecule has 0 radical (unpaired) electrons. The number of carbonyl (C=O) groups excluding carboxylic acids is 1. The first-order valence-electron chi connectivity index (χ1n) is 10.2. The number of nitrogens with zero attached hydrogens (tertiary/aromatic N) is 1. The Morgan fingerprint density at radius 2 is 1.84 bits per heavy atom. The van der Waals surface area contributed by atoms with E-state index in [1.165, 1.54) is 11.3 Å². The van der Waals surface area contributed by atoms with E-state index < -0.39 is 11.7 Å². The van der Waals surface area contributed by atoms with Gasteiger partial charge in [-0.3, -0.25) is 5.32 Å². The minimum absolute atomic E-state index is 0.336. The number of hydrogen-bond acceptors (Lipinski definition) is 6. The van der Waals surface area contributed by atoms with Gasteiger partial charge in [-0.2, -0.15) is 0 Å². The number of benzene rings is 2. The van der Waals surface area contributed by atoms with Crippen molar-refractivity contribution in [1.29, 1.82) is 0 Å². The molecule has 1 atom stereocenters. The van der Waals surface area contributed by atoms with Crippen molar-refractivity contribution in [3.8, 4) is 0 Å². The van der Waals surface area contributed by atoms with Crippen LogP contribution in [0.1, 0.15) is 48.4 Å². The molecule has 1 aromatic heterocycles. The van der Waals surface area contributed by atoms with Gasteiger partial charge in [0.05, 0.1) is 19.3 Å². The molecule has 6 nitrogen and oxygen atoms in total. The standard InChI is InChI=1S/C24H29N3O3S/c1-24(2,3)30-23(28)27-22-26-15-20(31-22)21(25)19-12-8-7-11-18(19)13-14-29-16-17-9-5-4-6-10-17/h4-12,15,21H,13-14,16,25H2,1-3H3,(H,26,27,28). The third-order valence-electron chi connectivity index (χ3n) is 4.46. The van der Waals surface area contributed by atoms with Gasteiger partial charge >= 0.3 is 6.09 Å². The zero-order valence-electron chi connectivity index (χ0n) is 18.1. The Morgan fingerprint density at radius 3 is 2.58 bits per heavy atom. The molecule has 0 aliphatic heterocycles. The summed E-state index contributed by atoms with van der Waals surface area (Å²) in [5.74, 6) is 0. The summed E-state index contributed by atoms with van der Waals surface area (Å²) in [6, 6.07) is 17.9. The van der Waals surface area contributed by atoms with Crippen molar-refractivity contribution in [2.75, 3.05) is 11.9 Å². The average Bonchev–Trinajstić information content (AvgIpc) is 3.18. The topological polar surface area (TPSA) is 86.5 Å². The van der Waals surface area contributed by atoms with Crippen LogP contribution in [-0.2, 0) is 22.5 Å². The second kappa shape index (κ2) is 10.5. The van der Waals surface area contributed by atoms with Gasteiger partial charge in [-0.25, -0.2) is 9.78 Å². The van der Waals surface area contributed by atoms with Crippen molar-refractivity contribution in [1.82, 2.24) is 4.98 Å². The Kier molecular flexibility index (Phi) is 7.79. The molecule has 7 heteroatoms. The molecular weight excluding hydrogens is 410 g/mol. The lowest BCUT2D eigenvalue weighted by atomic mass is 9.98. The van der Waals surface area contributed by atoms with E-state index in [4.69, 9.17) is 15.2 Å². The summed E-state index contributed by atoms with van der Waals surface area (Å²) in [7, 11) is 0. The number of amides is 1. The van der Waals surface area contributed by atoms with Crippen LogP contribution in [0.2, 0.25) is 0 Å². The summed E-state index contributed by atoms with van der Waals surface area (Å²) in [4.78, 5) is 17.1. The largest absolute Gasteiger partial charge is 0.444 e. The highest BCUT2D eigenvalue weighted by Crippen LogP contribution is 2.30. The van der Waals surface area contributed by atoms with Gasteiger partial charge in [0.15, 0.2) is 5.13 Å². The molecule has 0 aliphatic carbocycles. The van der Waals surface area contributed by atoms with E-state index in [1.807, 2.05) is 57.2 Å². The van der Waals surface area contributed by atoms with E-state index >= 15 is 0 Å². The fourth-order valence-corrected chi connectivity index (χ4v) is 3.87.